The monoisotopic (exact) mass is 325 g/mol. The minimum absolute atomic E-state index is 0.0599. The van der Waals surface area contributed by atoms with Crippen LogP contribution in [-0.2, 0) is 11.2 Å². The Morgan fingerprint density at radius 3 is 2.65 bits per heavy atom. The summed E-state index contributed by atoms with van der Waals surface area (Å²) in [6.07, 6.45) is 2.11. The fourth-order valence-electron chi connectivity index (χ4n) is 2.15. The fourth-order valence-corrected chi connectivity index (χ4v) is 3.12. The molecular formula is C17H15N3O2S. The number of amidine groups is 1. The third kappa shape index (κ3) is 3.98. The smallest absolute Gasteiger partial charge is 0.239 e. The van der Waals surface area contributed by atoms with Gasteiger partial charge < -0.3 is 10.4 Å². The predicted molar refractivity (Wildman–Crippen MR) is 92.8 cm³/mol. The first kappa shape index (κ1) is 15.3. The van der Waals surface area contributed by atoms with Crippen molar-refractivity contribution in [3.63, 3.8) is 0 Å². The molecule has 6 heteroatoms. The number of aromatic hydroxyl groups is 1. The molecule has 2 aromatic carbocycles. The average Bonchev–Trinajstić information content (AvgIpc) is 2.90. The number of thioether (sulfide) groups is 1. The lowest BCUT2D eigenvalue weighted by molar-refractivity contribution is -0.118. The van der Waals surface area contributed by atoms with Crippen LogP contribution in [-0.4, -0.2) is 27.6 Å². The molecule has 1 heterocycles. The van der Waals surface area contributed by atoms with Gasteiger partial charge in [-0.2, -0.15) is 5.10 Å². The maximum Gasteiger partial charge on any atom is 0.239 e. The first-order valence-electron chi connectivity index (χ1n) is 7.13. The van der Waals surface area contributed by atoms with Gasteiger partial charge in [-0.15, -0.1) is 5.10 Å². The lowest BCUT2D eigenvalue weighted by Crippen LogP contribution is -2.25. The van der Waals surface area contributed by atoms with Gasteiger partial charge >= 0.3 is 0 Å². The Morgan fingerprint density at radius 1 is 1.13 bits per heavy atom. The summed E-state index contributed by atoms with van der Waals surface area (Å²) >= 11 is 1.37. The van der Waals surface area contributed by atoms with E-state index in [9.17, 15) is 9.90 Å². The molecule has 0 spiro atoms. The number of hydrogen-bond acceptors (Lipinski definition) is 5. The molecule has 3 rings (SSSR count). The van der Waals surface area contributed by atoms with Gasteiger partial charge in [0.25, 0.3) is 0 Å². The normalized spacial score (nSPS) is 19.4. The third-order valence-corrected chi connectivity index (χ3v) is 4.39. The van der Waals surface area contributed by atoms with Crippen LogP contribution in [0.4, 0.5) is 0 Å². The van der Waals surface area contributed by atoms with Gasteiger partial charge in [0.05, 0.1) is 11.5 Å². The Labute approximate surface area is 138 Å². The summed E-state index contributed by atoms with van der Waals surface area (Å²) in [4.78, 5) is 12.0. The van der Waals surface area contributed by atoms with Crippen LogP contribution < -0.4 is 5.32 Å². The van der Waals surface area contributed by atoms with E-state index < -0.39 is 0 Å². The summed E-state index contributed by atoms with van der Waals surface area (Å²) in [5.41, 5.74) is 1.69. The Kier molecular flexibility index (Phi) is 4.73. The van der Waals surface area contributed by atoms with Crippen molar-refractivity contribution in [1.82, 2.24) is 5.32 Å². The zero-order valence-corrected chi connectivity index (χ0v) is 13.0. The predicted octanol–water partition coefficient (Wildman–Crippen LogP) is 2.56. The summed E-state index contributed by atoms with van der Waals surface area (Å²) < 4.78 is 0. The molecule has 23 heavy (non-hydrogen) atoms. The number of amides is 1. The molecule has 5 nitrogen and oxygen atoms in total. The molecule has 2 N–H and O–H groups in total. The molecule has 0 aliphatic carbocycles. The van der Waals surface area contributed by atoms with Crippen LogP contribution in [0, 0.1) is 0 Å². The quantitative estimate of drug-likeness (QED) is 0.670. The van der Waals surface area contributed by atoms with Gasteiger partial charge in [0.2, 0.25) is 5.91 Å². The second kappa shape index (κ2) is 7.11. The van der Waals surface area contributed by atoms with Crippen molar-refractivity contribution in [2.45, 2.75) is 11.7 Å². The number of benzene rings is 2. The van der Waals surface area contributed by atoms with E-state index in [4.69, 9.17) is 0 Å². The van der Waals surface area contributed by atoms with Gasteiger partial charge in [0.15, 0.2) is 5.17 Å². The number of para-hydroxylation sites is 1. The molecule has 1 amide bonds. The zero-order chi connectivity index (χ0) is 16.1. The number of nitrogens with zero attached hydrogens (tertiary/aromatic N) is 2. The molecule has 1 aliphatic heterocycles. The average molecular weight is 325 g/mol. The number of carbonyl (C=O) groups is 1. The largest absolute Gasteiger partial charge is 0.507 e. The highest BCUT2D eigenvalue weighted by molar-refractivity contribution is 8.15. The molecule has 2 aromatic rings. The first-order valence-corrected chi connectivity index (χ1v) is 8.01. The summed E-state index contributed by atoms with van der Waals surface area (Å²) in [6, 6.07) is 16.7. The van der Waals surface area contributed by atoms with E-state index in [2.05, 4.69) is 15.5 Å². The molecule has 0 radical (unpaired) electrons. The van der Waals surface area contributed by atoms with Crippen molar-refractivity contribution >= 4 is 29.1 Å². The molecule has 0 aromatic heterocycles. The van der Waals surface area contributed by atoms with Crippen LogP contribution in [0.25, 0.3) is 0 Å². The number of hydrogen-bond donors (Lipinski definition) is 2. The van der Waals surface area contributed by atoms with E-state index in [1.165, 1.54) is 18.0 Å². The van der Waals surface area contributed by atoms with Crippen LogP contribution in [0.2, 0.25) is 0 Å². The number of phenols is 1. The van der Waals surface area contributed by atoms with Crippen molar-refractivity contribution in [2.24, 2.45) is 10.2 Å². The maximum absolute atomic E-state index is 12.0. The van der Waals surface area contributed by atoms with Gasteiger partial charge in [0, 0.05) is 5.56 Å². The molecule has 1 atom stereocenters. The Bertz CT molecular complexity index is 759. The van der Waals surface area contributed by atoms with Crippen molar-refractivity contribution in [1.29, 1.82) is 0 Å². The van der Waals surface area contributed by atoms with Crippen LogP contribution in [0.5, 0.6) is 5.75 Å². The van der Waals surface area contributed by atoms with E-state index >= 15 is 0 Å². The van der Waals surface area contributed by atoms with Gasteiger partial charge in [-0.3, -0.25) is 4.79 Å². The van der Waals surface area contributed by atoms with E-state index in [-0.39, 0.29) is 16.9 Å². The summed E-state index contributed by atoms with van der Waals surface area (Å²) in [6.45, 7) is 0. The molecule has 1 aliphatic rings. The molecule has 0 unspecified atom stereocenters. The lowest BCUT2D eigenvalue weighted by atomic mass is 10.1. The second-order valence-corrected chi connectivity index (χ2v) is 6.19. The Morgan fingerprint density at radius 2 is 1.87 bits per heavy atom. The fraction of sp³-hybridized carbons (Fsp3) is 0.118. The lowest BCUT2D eigenvalue weighted by Gasteiger charge is -2.04. The van der Waals surface area contributed by atoms with Crippen molar-refractivity contribution < 1.29 is 9.90 Å². The topological polar surface area (TPSA) is 74.0 Å². The van der Waals surface area contributed by atoms with Gasteiger partial charge in [0.1, 0.15) is 5.75 Å². The number of nitrogens with one attached hydrogen (secondary N) is 1. The SMILES string of the molecule is O=C1N/C(=N/N=C/c2ccccc2O)S[C@@H]1Cc1ccccc1. The second-order valence-electron chi connectivity index (χ2n) is 4.99. The molecular weight excluding hydrogens is 310 g/mol. The Balaban J connectivity index is 1.64. The third-order valence-electron chi connectivity index (χ3n) is 3.32. The molecule has 1 fully saturated rings. The van der Waals surface area contributed by atoms with Crippen molar-refractivity contribution in [3.8, 4) is 5.75 Å². The van der Waals surface area contributed by atoms with Gasteiger partial charge in [-0.05, 0) is 24.1 Å². The van der Waals surface area contributed by atoms with Gasteiger partial charge in [-0.1, -0.05) is 54.2 Å². The highest BCUT2D eigenvalue weighted by Gasteiger charge is 2.30. The standard InChI is InChI=1S/C17H15N3O2S/c21-14-9-5-4-8-13(14)11-18-20-17-19-16(22)15(23-17)10-12-6-2-1-3-7-12/h1-9,11,15,21H,10H2,(H,19,20,22)/b18-11+/t15-/m1/s1. The van der Waals surface area contributed by atoms with E-state index in [1.807, 2.05) is 30.3 Å². The van der Waals surface area contributed by atoms with Gasteiger partial charge in [-0.25, -0.2) is 0 Å². The Hall–Kier alpha value is -2.60. The minimum atomic E-state index is -0.198. The molecule has 1 saturated heterocycles. The van der Waals surface area contributed by atoms with Crippen LogP contribution in [0.1, 0.15) is 11.1 Å². The summed E-state index contributed by atoms with van der Waals surface area (Å²) in [7, 11) is 0. The van der Waals surface area contributed by atoms with Crippen LogP contribution in [0.3, 0.4) is 0 Å². The zero-order valence-electron chi connectivity index (χ0n) is 12.2. The van der Waals surface area contributed by atoms with E-state index in [0.29, 0.717) is 17.2 Å². The van der Waals surface area contributed by atoms with E-state index in [0.717, 1.165) is 5.56 Å². The summed E-state index contributed by atoms with van der Waals surface area (Å²) in [5.74, 6) is 0.0804. The molecule has 0 bridgehead atoms. The first-order chi connectivity index (χ1) is 11.2. The van der Waals surface area contributed by atoms with Crippen molar-refractivity contribution in [3.05, 3.63) is 65.7 Å². The minimum Gasteiger partial charge on any atom is -0.507 e. The highest BCUT2D eigenvalue weighted by atomic mass is 32.2. The molecule has 0 saturated carbocycles. The summed E-state index contributed by atoms with van der Waals surface area (Å²) in [5, 5.41) is 20.6. The number of carbonyl (C=O) groups excluding carboxylic acids is 1. The highest BCUT2D eigenvalue weighted by Crippen LogP contribution is 2.23. The van der Waals surface area contributed by atoms with Crippen LogP contribution >= 0.6 is 11.8 Å². The van der Waals surface area contributed by atoms with Crippen LogP contribution in [0.15, 0.2) is 64.8 Å². The number of phenolic OH excluding ortho intramolecular Hbond substituents is 1. The maximum atomic E-state index is 12.0. The number of rotatable bonds is 4. The molecule has 116 valence electrons. The van der Waals surface area contributed by atoms with E-state index in [1.54, 1.807) is 24.3 Å². The van der Waals surface area contributed by atoms with Crippen molar-refractivity contribution in [2.75, 3.05) is 0 Å².